The van der Waals surface area contributed by atoms with Gasteiger partial charge in [0, 0.05) is 10.0 Å². The zero-order chi connectivity index (χ0) is 13.5. The fourth-order valence-corrected chi connectivity index (χ4v) is 2.22. The lowest BCUT2D eigenvalue weighted by atomic mass is 10.1. The van der Waals surface area contributed by atoms with Crippen molar-refractivity contribution in [1.29, 1.82) is 0 Å². The summed E-state index contributed by atoms with van der Waals surface area (Å²) in [6, 6.07) is 5.40. The molecule has 3 N–H and O–H groups in total. The number of ether oxygens (including phenoxy) is 1. The van der Waals surface area contributed by atoms with E-state index in [-0.39, 0.29) is 5.84 Å². The summed E-state index contributed by atoms with van der Waals surface area (Å²) in [7, 11) is 0. The minimum absolute atomic E-state index is 0.0766. The van der Waals surface area contributed by atoms with Crippen LogP contribution in [0.3, 0.4) is 0 Å². The van der Waals surface area contributed by atoms with E-state index in [2.05, 4.69) is 34.9 Å². The number of benzene rings is 1. The van der Waals surface area contributed by atoms with Gasteiger partial charge in [0.25, 0.3) is 0 Å². The van der Waals surface area contributed by atoms with E-state index in [0.717, 1.165) is 23.1 Å². The summed E-state index contributed by atoms with van der Waals surface area (Å²) < 4.78 is 6.44. The molecule has 1 rings (SSSR count). The molecule has 0 aromatic heterocycles. The summed E-state index contributed by atoms with van der Waals surface area (Å²) in [4.78, 5) is 0. The number of halogens is 1. The SMILES string of the molecule is CCCC(C)COc1ccc(/C(N)=N/O)c(Br)c1. The van der Waals surface area contributed by atoms with Gasteiger partial charge in [0.2, 0.25) is 0 Å². The molecular weight excluding hydrogens is 296 g/mol. The first-order chi connectivity index (χ1) is 8.58. The maximum atomic E-state index is 8.63. The molecule has 0 amide bonds. The molecule has 1 aromatic carbocycles. The predicted molar refractivity (Wildman–Crippen MR) is 76.2 cm³/mol. The smallest absolute Gasteiger partial charge is 0.171 e. The van der Waals surface area contributed by atoms with Crippen LogP contribution in [0.1, 0.15) is 32.3 Å². The van der Waals surface area contributed by atoms with Gasteiger partial charge in [-0.25, -0.2) is 0 Å². The number of rotatable bonds is 6. The molecule has 0 aliphatic heterocycles. The number of oxime groups is 1. The van der Waals surface area contributed by atoms with Crippen LogP contribution in [0.2, 0.25) is 0 Å². The average molecular weight is 315 g/mol. The third kappa shape index (κ3) is 4.22. The quantitative estimate of drug-likeness (QED) is 0.366. The first-order valence-corrected chi connectivity index (χ1v) is 6.78. The van der Waals surface area contributed by atoms with Gasteiger partial charge >= 0.3 is 0 Å². The molecule has 0 aliphatic rings. The van der Waals surface area contributed by atoms with Crippen LogP contribution >= 0.6 is 15.9 Å². The van der Waals surface area contributed by atoms with Crippen LogP contribution < -0.4 is 10.5 Å². The van der Waals surface area contributed by atoms with Gasteiger partial charge < -0.3 is 15.7 Å². The lowest BCUT2D eigenvalue weighted by Gasteiger charge is -2.13. The van der Waals surface area contributed by atoms with E-state index in [1.165, 1.54) is 0 Å². The van der Waals surface area contributed by atoms with Crippen LogP contribution in [0.25, 0.3) is 0 Å². The van der Waals surface area contributed by atoms with E-state index in [0.29, 0.717) is 18.1 Å². The predicted octanol–water partition coefficient (Wildman–Crippen LogP) is 3.36. The van der Waals surface area contributed by atoms with Crippen LogP contribution in [0.5, 0.6) is 5.75 Å². The lowest BCUT2D eigenvalue weighted by molar-refractivity contribution is 0.251. The highest BCUT2D eigenvalue weighted by atomic mass is 79.9. The van der Waals surface area contributed by atoms with Crippen molar-refractivity contribution in [3.8, 4) is 5.75 Å². The third-order valence-corrected chi connectivity index (χ3v) is 3.30. The van der Waals surface area contributed by atoms with Crippen molar-refractivity contribution in [2.75, 3.05) is 6.61 Å². The van der Waals surface area contributed by atoms with Crippen LogP contribution in [0.4, 0.5) is 0 Å². The maximum Gasteiger partial charge on any atom is 0.171 e. The molecule has 4 nitrogen and oxygen atoms in total. The lowest BCUT2D eigenvalue weighted by Crippen LogP contribution is -2.14. The molecule has 18 heavy (non-hydrogen) atoms. The molecule has 1 aromatic rings. The monoisotopic (exact) mass is 314 g/mol. The Bertz CT molecular complexity index is 421. The molecule has 0 bridgehead atoms. The van der Waals surface area contributed by atoms with Crippen molar-refractivity contribution >= 4 is 21.8 Å². The van der Waals surface area contributed by atoms with Crippen molar-refractivity contribution < 1.29 is 9.94 Å². The van der Waals surface area contributed by atoms with E-state index < -0.39 is 0 Å². The molecule has 5 heteroatoms. The van der Waals surface area contributed by atoms with Crippen LogP contribution in [-0.2, 0) is 0 Å². The molecule has 1 atom stereocenters. The summed E-state index contributed by atoms with van der Waals surface area (Å²) in [5.74, 6) is 1.39. The zero-order valence-electron chi connectivity index (χ0n) is 10.7. The Morgan fingerprint density at radius 3 is 2.83 bits per heavy atom. The van der Waals surface area contributed by atoms with E-state index in [1.54, 1.807) is 6.07 Å². The van der Waals surface area contributed by atoms with Gasteiger partial charge in [0.1, 0.15) is 5.75 Å². The minimum atomic E-state index is 0.0766. The minimum Gasteiger partial charge on any atom is -0.493 e. The van der Waals surface area contributed by atoms with Gasteiger partial charge in [-0.1, -0.05) is 25.4 Å². The first-order valence-electron chi connectivity index (χ1n) is 5.98. The van der Waals surface area contributed by atoms with Gasteiger partial charge in [-0.05, 0) is 46.5 Å². The summed E-state index contributed by atoms with van der Waals surface area (Å²) in [5, 5.41) is 11.6. The van der Waals surface area contributed by atoms with E-state index in [1.807, 2.05) is 12.1 Å². The van der Waals surface area contributed by atoms with Crippen LogP contribution in [-0.4, -0.2) is 17.6 Å². The van der Waals surface area contributed by atoms with Crippen molar-refractivity contribution in [2.24, 2.45) is 16.8 Å². The fourth-order valence-electron chi connectivity index (χ4n) is 1.66. The molecule has 100 valence electrons. The molecule has 0 aliphatic carbocycles. The number of hydrogen-bond donors (Lipinski definition) is 2. The zero-order valence-corrected chi connectivity index (χ0v) is 12.3. The van der Waals surface area contributed by atoms with Crippen molar-refractivity contribution in [3.05, 3.63) is 28.2 Å². The molecule has 1 unspecified atom stereocenters. The Kier molecular flexibility index (Phi) is 5.98. The first kappa shape index (κ1) is 14.8. The molecule has 0 fully saturated rings. The Labute approximate surface area is 116 Å². The van der Waals surface area contributed by atoms with Gasteiger partial charge in [-0.2, -0.15) is 0 Å². The summed E-state index contributed by atoms with van der Waals surface area (Å²) >= 11 is 3.37. The summed E-state index contributed by atoms with van der Waals surface area (Å²) in [6.07, 6.45) is 2.32. The molecule has 0 saturated heterocycles. The number of nitrogens with zero attached hydrogens (tertiary/aromatic N) is 1. The Hall–Kier alpha value is -1.23. The van der Waals surface area contributed by atoms with Crippen molar-refractivity contribution in [1.82, 2.24) is 0 Å². The highest BCUT2D eigenvalue weighted by Crippen LogP contribution is 2.23. The van der Waals surface area contributed by atoms with E-state index in [4.69, 9.17) is 15.7 Å². The number of hydrogen-bond acceptors (Lipinski definition) is 3. The molecule has 0 saturated carbocycles. The average Bonchev–Trinajstić information content (AvgIpc) is 2.36. The maximum absolute atomic E-state index is 8.63. The second kappa shape index (κ2) is 7.26. The van der Waals surface area contributed by atoms with Crippen molar-refractivity contribution in [2.45, 2.75) is 26.7 Å². The molecule has 0 heterocycles. The van der Waals surface area contributed by atoms with Crippen LogP contribution in [0.15, 0.2) is 27.8 Å². The van der Waals surface area contributed by atoms with Gasteiger partial charge in [0.15, 0.2) is 5.84 Å². The molecule has 0 spiro atoms. The topological polar surface area (TPSA) is 67.8 Å². The standard InChI is InChI=1S/C13H19BrN2O2/c1-3-4-9(2)8-18-10-5-6-11(12(14)7-10)13(15)16-17/h5-7,9,17H,3-4,8H2,1-2H3,(H2,15,16). The van der Waals surface area contributed by atoms with Crippen molar-refractivity contribution in [3.63, 3.8) is 0 Å². The summed E-state index contributed by atoms with van der Waals surface area (Å²) in [5.41, 5.74) is 6.18. The van der Waals surface area contributed by atoms with E-state index >= 15 is 0 Å². The third-order valence-electron chi connectivity index (χ3n) is 2.64. The largest absolute Gasteiger partial charge is 0.493 e. The highest BCUT2D eigenvalue weighted by molar-refractivity contribution is 9.10. The number of nitrogens with two attached hydrogens (primary N) is 1. The van der Waals surface area contributed by atoms with Crippen LogP contribution in [0, 0.1) is 5.92 Å². The second-order valence-corrected chi connectivity index (χ2v) is 5.19. The normalized spacial score (nSPS) is 13.4. The Morgan fingerprint density at radius 2 is 2.28 bits per heavy atom. The van der Waals surface area contributed by atoms with Gasteiger partial charge in [0.05, 0.1) is 6.61 Å². The number of amidine groups is 1. The fraction of sp³-hybridized carbons (Fsp3) is 0.462. The Morgan fingerprint density at radius 1 is 1.56 bits per heavy atom. The Balaban J connectivity index is 2.67. The van der Waals surface area contributed by atoms with Gasteiger partial charge in [-0.15, -0.1) is 0 Å². The molecule has 0 radical (unpaired) electrons. The second-order valence-electron chi connectivity index (χ2n) is 4.33. The van der Waals surface area contributed by atoms with E-state index in [9.17, 15) is 0 Å². The van der Waals surface area contributed by atoms with Gasteiger partial charge in [-0.3, -0.25) is 0 Å². The molecular formula is C13H19BrN2O2. The highest BCUT2D eigenvalue weighted by Gasteiger charge is 2.07. The summed E-state index contributed by atoms with van der Waals surface area (Å²) in [6.45, 7) is 5.03.